The van der Waals surface area contributed by atoms with Crippen LogP contribution in [0.1, 0.15) is 12.8 Å². The molecule has 1 aliphatic heterocycles. The quantitative estimate of drug-likeness (QED) is 0.716. The van der Waals surface area contributed by atoms with E-state index in [1.807, 2.05) is 7.05 Å². The van der Waals surface area contributed by atoms with Gasteiger partial charge in [-0.1, -0.05) is 11.8 Å². The van der Waals surface area contributed by atoms with Gasteiger partial charge in [0, 0.05) is 33.0 Å². The molecule has 1 amide bonds. The zero-order valence-corrected chi connectivity index (χ0v) is 10.4. The second-order valence-corrected chi connectivity index (χ2v) is 4.88. The summed E-state index contributed by atoms with van der Waals surface area (Å²) in [6.07, 6.45) is 2.58. The molecule has 0 aliphatic carbocycles. The lowest BCUT2D eigenvalue weighted by molar-refractivity contribution is -0.132. The van der Waals surface area contributed by atoms with Gasteiger partial charge in [-0.15, -0.1) is 10.2 Å². The van der Waals surface area contributed by atoms with Crippen LogP contribution in [0.3, 0.4) is 0 Å². The van der Waals surface area contributed by atoms with Crippen LogP contribution in [-0.4, -0.2) is 50.2 Å². The molecule has 0 aromatic carbocycles. The highest BCUT2D eigenvalue weighted by Gasteiger charge is 2.20. The molecule has 2 heterocycles. The number of rotatable bonds is 3. The SMILES string of the molecule is Cn1cnnc1SCC(=O)N1CCC(=O)CC1. The first-order valence-corrected chi connectivity index (χ1v) is 6.41. The lowest BCUT2D eigenvalue weighted by atomic mass is 10.1. The second-order valence-electron chi connectivity index (χ2n) is 3.93. The van der Waals surface area contributed by atoms with Crippen LogP contribution >= 0.6 is 11.8 Å². The fourth-order valence-corrected chi connectivity index (χ4v) is 2.42. The Morgan fingerprint density at radius 3 is 2.76 bits per heavy atom. The number of carbonyl (C=O) groups is 2. The maximum Gasteiger partial charge on any atom is 0.233 e. The van der Waals surface area contributed by atoms with E-state index >= 15 is 0 Å². The highest BCUT2D eigenvalue weighted by molar-refractivity contribution is 7.99. The molecular formula is C10H14N4O2S. The molecule has 2 rings (SSSR count). The summed E-state index contributed by atoms with van der Waals surface area (Å²) >= 11 is 1.37. The van der Waals surface area contributed by atoms with E-state index in [2.05, 4.69) is 10.2 Å². The third-order valence-corrected chi connectivity index (χ3v) is 3.69. The minimum absolute atomic E-state index is 0.0606. The van der Waals surface area contributed by atoms with E-state index in [-0.39, 0.29) is 11.7 Å². The van der Waals surface area contributed by atoms with Gasteiger partial charge >= 0.3 is 0 Å². The van der Waals surface area contributed by atoms with Crippen molar-refractivity contribution in [2.45, 2.75) is 18.0 Å². The molecule has 17 heavy (non-hydrogen) atoms. The van der Waals surface area contributed by atoms with Gasteiger partial charge in [0.1, 0.15) is 12.1 Å². The Balaban J connectivity index is 1.81. The van der Waals surface area contributed by atoms with Crippen molar-refractivity contribution in [2.75, 3.05) is 18.8 Å². The number of aromatic nitrogens is 3. The minimum atomic E-state index is 0.0606. The van der Waals surface area contributed by atoms with Gasteiger partial charge in [-0.3, -0.25) is 9.59 Å². The number of nitrogens with zero attached hydrogens (tertiary/aromatic N) is 4. The number of likely N-dealkylation sites (tertiary alicyclic amines) is 1. The van der Waals surface area contributed by atoms with Crippen LogP contribution in [0, 0.1) is 0 Å². The number of hydrogen-bond acceptors (Lipinski definition) is 5. The first-order chi connectivity index (χ1) is 8.16. The average molecular weight is 254 g/mol. The molecular weight excluding hydrogens is 240 g/mol. The highest BCUT2D eigenvalue weighted by Crippen LogP contribution is 2.15. The van der Waals surface area contributed by atoms with Crippen molar-refractivity contribution in [3.8, 4) is 0 Å². The summed E-state index contributed by atoms with van der Waals surface area (Å²) in [6.45, 7) is 1.11. The van der Waals surface area contributed by atoms with E-state index in [0.717, 1.165) is 5.16 Å². The Labute approximate surface area is 103 Å². The molecule has 1 aromatic heterocycles. The molecule has 0 saturated carbocycles. The maximum absolute atomic E-state index is 11.8. The summed E-state index contributed by atoms with van der Waals surface area (Å²) in [5, 5.41) is 8.37. The van der Waals surface area contributed by atoms with Gasteiger partial charge in [0.05, 0.1) is 5.75 Å². The van der Waals surface area contributed by atoms with Gasteiger partial charge in [0.2, 0.25) is 5.91 Å². The Morgan fingerprint density at radius 1 is 1.47 bits per heavy atom. The molecule has 7 heteroatoms. The van der Waals surface area contributed by atoms with Crippen LogP contribution in [0.5, 0.6) is 0 Å². The van der Waals surface area contributed by atoms with E-state index in [9.17, 15) is 9.59 Å². The number of carbonyl (C=O) groups excluding carboxylic acids is 2. The number of amides is 1. The number of Topliss-reactive ketones (excluding diaryl/α,β-unsaturated/α-hetero) is 1. The van der Waals surface area contributed by atoms with Crippen molar-refractivity contribution in [2.24, 2.45) is 7.05 Å². The lowest BCUT2D eigenvalue weighted by Crippen LogP contribution is -2.39. The van der Waals surface area contributed by atoms with Gasteiger partial charge in [-0.25, -0.2) is 0 Å². The smallest absolute Gasteiger partial charge is 0.233 e. The number of ketones is 1. The normalized spacial score (nSPS) is 16.3. The van der Waals surface area contributed by atoms with E-state index in [1.54, 1.807) is 15.8 Å². The van der Waals surface area contributed by atoms with Gasteiger partial charge in [0.25, 0.3) is 0 Å². The standard InChI is InChI=1S/C10H14N4O2S/c1-13-7-11-12-10(13)17-6-9(16)14-4-2-8(15)3-5-14/h7H,2-6H2,1H3. The van der Waals surface area contributed by atoms with Gasteiger partial charge in [-0.05, 0) is 0 Å². The molecule has 0 unspecified atom stereocenters. The zero-order chi connectivity index (χ0) is 12.3. The van der Waals surface area contributed by atoms with E-state index in [0.29, 0.717) is 31.7 Å². The average Bonchev–Trinajstić information content (AvgIpc) is 2.73. The predicted molar refractivity (Wildman–Crippen MR) is 62.5 cm³/mol. The molecule has 1 saturated heterocycles. The summed E-state index contributed by atoms with van der Waals surface area (Å²) in [5.41, 5.74) is 0. The lowest BCUT2D eigenvalue weighted by Gasteiger charge is -2.25. The summed E-state index contributed by atoms with van der Waals surface area (Å²) < 4.78 is 1.78. The molecule has 0 atom stereocenters. The van der Waals surface area contributed by atoms with Crippen molar-refractivity contribution < 1.29 is 9.59 Å². The topological polar surface area (TPSA) is 68.1 Å². The summed E-state index contributed by atoms with van der Waals surface area (Å²) in [5.74, 6) is 0.654. The van der Waals surface area contributed by atoms with Crippen LogP contribution in [0.2, 0.25) is 0 Å². The first-order valence-electron chi connectivity index (χ1n) is 5.43. The number of piperidine rings is 1. The molecule has 0 radical (unpaired) electrons. The van der Waals surface area contributed by atoms with Crippen molar-refractivity contribution in [3.05, 3.63) is 6.33 Å². The fourth-order valence-electron chi connectivity index (χ4n) is 1.63. The largest absolute Gasteiger partial charge is 0.341 e. The molecule has 0 bridgehead atoms. The molecule has 1 aliphatic rings. The Hall–Kier alpha value is -1.37. The molecule has 1 fully saturated rings. The van der Waals surface area contributed by atoms with E-state index < -0.39 is 0 Å². The van der Waals surface area contributed by atoms with E-state index in [1.165, 1.54) is 11.8 Å². The van der Waals surface area contributed by atoms with Gasteiger partial charge in [-0.2, -0.15) is 0 Å². The van der Waals surface area contributed by atoms with Gasteiger partial charge < -0.3 is 9.47 Å². The van der Waals surface area contributed by atoms with Crippen molar-refractivity contribution in [3.63, 3.8) is 0 Å². The van der Waals surface area contributed by atoms with Crippen LogP contribution in [0.4, 0.5) is 0 Å². The van der Waals surface area contributed by atoms with Gasteiger partial charge in [0.15, 0.2) is 5.16 Å². The Morgan fingerprint density at radius 2 is 2.18 bits per heavy atom. The fraction of sp³-hybridized carbons (Fsp3) is 0.600. The molecule has 6 nitrogen and oxygen atoms in total. The van der Waals surface area contributed by atoms with Crippen molar-refractivity contribution in [1.82, 2.24) is 19.7 Å². The van der Waals surface area contributed by atoms with Crippen molar-refractivity contribution in [1.29, 1.82) is 0 Å². The van der Waals surface area contributed by atoms with Crippen LogP contribution in [0.25, 0.3) is 0 Å². The van der Waals surface area contributed by atoms with Crippen LogP contribution in [0.15, 0.2) is 11.5 Å². The summed E-state index contributed by atoms with van der Waals surface area (Å²) in [6, 6.07) is 0. The summed E-state index contributed by atoms with van der Waals surface area (Å²) in [4.78, 5) is 24.6. The maximum atomic E-state index is 11.8. The molecule has 1 aromatic rings. The third kappa shape index (κ3) is 3.06. The number of hydrogen-bond donors (Lipinski definition) is 0. The highest BCUT2D eigenvalue weighted by atomic mass is 32.2. The molecule has 0 spiro atoms. The first kappa shape index (κ1) is 12.1. The molecule has 0 N–H and O–H groups in total. The number of aryl methyl sites for hydroxylation is 1. The van der Waals surface area contributed by atoms with E-state index in [4.69, 9.17) is 0 Å². The zero-order valence-electron chi connectivity index (χ0n) is 9.63. The van der Waals surface area contributed by atoms with Crippen molar-refractivity contribution >= 4 is 23.5 Å². The third-order valence-electron chi connectivity index (χ3n) is 2.67. The Bertz CT molecular complexity index is 422. The minimum Gasteiger partial charge on any atom is -0.341 e. The second kappa shape index (κ2) is 5.31. The van der Waals surface area contributed by atoms with Crippen LogP contribution in [-0.2, 0) is 16.6 Å². The predicted octanol–water partition coefficient (Wildman–Crippen LogP) is 0.0987. The number of thioether (sulfide) groups is 1. The van der Waals surface area contributed by atoms with Crippen LogP contribution < -0.4 is 0 Å². The molecule has 92 valence electrons. The Kier molecular flexibility index (Phi) is 3.78. The monoisotopic (exact) mass is 254 g/mol. The summed E-state index contributed by atoms with van der Waals surface area (Å²) in [7, 11) is 1.84.